The highest BCUT2D eigenvalue weighted by Gasteiger charge is 2.18. The summed E-state index contributed by atoms with van der Waals surface area (Å²) in [5.41, 5.74) is -0.304. The maximum absolute atomic E-state index is 12.2. The molecule has 0 saturated carbocycles. The van der Waals surface area contributed by atoms with Gasteiger partial charge in [0.25, 0.3) is 15.7 Å². The van der Waals surface area contributed by atoms with Gasteiger partial charge in [0.2, 0.25) is 0 Å². The van der Waals surface area contributed by atoms with Crippen LogP contribution in [0.2, 0.25) is 5.02 Å². The van der Waals surface area contributed by atoms with Gasteiger partial charge >= 0.3 is 0 Å². The fourth-order valence-corrected chi connectivity index (χ4v) is 3.08. The zero-order valence-corrected chi connectivity index (χ0v) is 13.4. The van der Waals surface area contributed by atoms with E-state index in [4.69, 9.17) is 11.6 Å². The summed E-state index contributed by atoms with van der Waals surface area (Å²) in [5.74, 6) is 0. The van der Waals surface area contributed by atoms with Gasteiger partial charge in [0, 0.05) is 16.6 Å². The van der Waals surface area contributed by atoms with E-state index < -0.39 is 14.9 Å². The fourth-order valence-electron chi connectivity index (χ4n) is 1.52. The van der Waals surface area contributed by atoms with Crippen molar-refractivity contribution >= 4 is 48.9 Å². The highest BCUT2D eigenvalue weighted by molar-refractivity contribution is 9.10. The first-order valence-corrected chi connectivity index (χ1v) is 8.17. The first kappa shape index (κ1) is 15.7. The van der Waals surface area contributed by atoms with Gasteiger partial charge in [-0.15, -0.1) is 0 Å². The van der Waals surface area contributed by atoms with Crippen molar-refractivity contribution in [3.63, 3.8) is 0 Å². The Morgan fingerprint density at radius 3 is 2.33 bits per heavy atom. The minimum Gasteiger partial charge on any atom is -0.278 e. The van der Waals surface area contributed by atoms with Gasteiger partial charge in [-0.2, -0.15) is 0 Å². The molecule has 110 valence electrons. The third-order valence-corrected chi connectivity index (χ3v) is 4.77. The zero-order valence-electron chi connectivity index (χ0n) is 10.3. The highest BCUT2D eigenvalue weighted by Crippen LogP contribution is 2.29. The number of hydrogen-bond donors (Lipinski definition) is 1. The van der Waals surface area contributed by atoms with Crippen LogP contribution in [0, 0.1) is 10.1 Å². The van der Waals surface area contributed by atoms with Crippen LogP contribution < -0.4 is 4.72 Å². The number of halogens is 2. The van der Waals surface area contributed by atoms with E-state index in [1.165, 1.54) is 24.3 Å². The molecule has 6 nitrogen and oxygen atoms in total. The van der Waals surface area contributed by atoms with Gasteiger partial charge in [0.1, 0.15) is 0 Å². The van der Waals surface area contributed by atoms with E-state index in [1.54, 1.807) is 12.1 Å². The lowest BCUT2D eigenvalue weighted by Gasteiger charge is -2.09. The maximum atomic E-state index is 12.2. The van der Waals surface area contributed by atoms with Crippen LogP contribution in [0.15, 0.2) is 51.8 Å². The summed E-state index contributed by atoms with van der Waals surface area (Å²) in [4.78, 5) is 10.1. The van der Waals surface area contributed by atoms with Crippen molar-refractivity contribution < 1.29 is 13.3 Å². The van der Waals surface area contributed by atoms with Crippen molar-refractivity contribution in [2.24, 2.45) is 0 Å². The topological polar surface area (TPSA) is 89.3 Å². The Morgan fingerprint density at radius 2 is 1.76 bits per heavy atom. The van der Waals surface area contributed by atoms with Crippen molar-refractivity contribution in [2.75, 3.05) is 4.72 Å². The first-order valence-electron chi connectivity index (χ1n) is 5.52. The molecule has 0 saturated heterocycles. The Hall–Kier alpha value is -1.64. The molecule has 0 spiro atoms. The average Bonchev–Trinajstić information content (AvgIpc) is 2.41. The molecule has 1 N–H and O–H groups in total. The van der Waals surface area contributed by atoms with Crippen LogP contribution in [0.25, 0.3) is 0 Å². The molecule has 0 amide bonds. The predicted octanol–water partition coefficient (Wildman–Crippen LogP) is 3.81. The molecular weight excluding hydrogens is 384 g/mol. The van der Waals surface area contributed by atoms with Crippen LogP contribution in [0.1, 0.15) is 0 Å². The Bertz CT molecular complexity index is 793. The van der Waals surface area contributed by atoms with Gasteiger partial charge < -0.3 is 0 Å². The van der Waals surface area contributed by atoms with Gasteiger partial charge in [0.05, 0.1) is 20.5 Å². The van der Waals surface area contributed by atoms with Crippen LogP contribution in [0.5, 0.6) is 0 Å². The monoisotopic (exact) mass is 390 g/mol. The maximum Gasteiger partial charge on any atom is 0.271 e. The van der Waals surface area contributed by atoms with Crippen molar-refractivity contribution in [3.8, 4) is 0 Å². The molecule has 0 heterocycles. The standard InChI is InChI=1S/C12H8BrClN2O4S/c13-8-1-4-10(5-2-8)21(19,20)15-12-7-9(16(17)18)3-6-11(12)14/h1-7,15H. The van der Waals surface area contributed by atoms with Crippen molar-refractivity contribution in [1.82, 2.24) is 0 Å². The molecule has 0 radical (unpaired) electrons. The smallest absolute Gasteiger partial charge is 0.271 e. The third-order valence-electron chi connectivity index (χ3n) is 2.53. The molecule has 9 heteroatoms. The molecule has 0 bridgehead atoms. The van der Waals surface area contributed by atoms with Crippen molar-refractivity contribution in [2.45, 2.75) is 4.90 Å². The average molecular weight is 392 g/mol. The minimum absolute atomic E-state index is 0.0215. The number of rotatable bonds is 4. The molecule has 21 heavy (non-hydrogen) atoms. The molecule has 0 aromatic heterocycles. The molecular formula is C12H8BrClN2O4S. The van der Waals surface area contributed by atoms with Crippen molar-refractivity contribution in [3.05, 3.63) is 62.1 Å². The molecule has 0 aliphatic carbocycles. The molecule has 0 fully saturated rings. The number of nitrogens with one attached hydrogen (secondary N) is 1. The van der Waals surface area contributed by atoms with E-state index in [1.807, 2.05) is 0 Å². The van der Waals surface area contributed by atoms with Crippen molar-refractivity contribution in [1.29, 1.82) is 0 Å². The summed E-state index contributed by atoms with van der Waals surface area (Å²) < 4.78 is 27.4. The number of nitro benzene ring substituents is 1. The Kier molecular flexibility index (Phi) is 4.50. The largest absolute Gasteiger partial charge is 0.278 e. The first-order chi connectivity index (χ1) is 9.79. The van der Waals surface area contributed by atoms with Gasteiger partial charge in [0.15, 0.2) is 0 Å². The molecule has 0 aliphatic heterocycles. The van der Waals surface area contributed by atoms with Crippen LogP contribution in [0.4, 0.5) is 11.4 Å². The molecule has 2 aromatic rings. The Morgan fingerprint density at radius 1 is 1.14 bits per heavy atom. The normalized spacial score (nSPS) is 11.1. The molecule has 2 aromatic carbocycles. The number of non-ortho nitro benzene ring substituents is 1. The summed E-state index contributed by atoms with van der Waals surface area (Å²) in [5, 5.41) is 10.8. The Balaban J connectivity index is 2.38. The number of nitro groups is 1. The SMILES string of the molecule is O=[N+]([O-])c1ccc(Cl)c(NS(=O)(=O)c2ccc(Br)cc2)c1. The van der Waals surface area contributed by atoms with E-state index in [0.717, 1.165) is 10.5 Å². The van der Waals surface area contributed by atoms with E-state index in [9.17, 15) is 18.5 Å². The van der Waals surface area contributed by atoms with Gasteiger partial charge in [-0.3, -0.25) is 14.8 Å². The number of hydrogen-bond acceptors (Lipinski definition) is 4. The van der Waals surface area contributed by atoms with Crippen LogP contribution >= 0.6 is 27.5 Å². The second kappa shape index (κ2) is 6.00. The van der Waals surface area contributed by atoms with Crippen LogP contribution in [0.3, 0.4) is 0 Å². The molecule has 2 rings (SSSR count). The summed E-state index contributed by atoms with van der Waals surface area (Å²) in [6.07, 6.45) is 0. The highest BCUT2D eigenvalue weighted by atomic mass is 79.9. The summed E-state index contributed by atoms with van der Waals surface area (Å²) in [7, 11) is -3.87. The zero-order chi connectivity index (χ0) is 15.6. The van der Waals surface area contributed by atoms with Crippen LogP contribution in [-0.4, -0.2) is 13.3 Å². The predicted molar refractivity (Wildman–Crippen MR) is 83.1 cm³/mol. The van der Waals surface area contributed by atoms with E-state index in [2.05, 4.69) is 20.7 Å². The Labute approximate surface area is 134 Å². The lowest BCUT2D eigenvalue weighted by Crippen LogP contribution is -2.13. The van der Waals surface area contributed by atoms with E-state index >= 15 is 0 Å². The van der Waals surface area contributed by atoms with E-state index in [0.29, 0.717) is 0 Å². The second-order valence-electron chi connectivity index (χ2n) is 3.98. The molecule has 0 atom stereocenters. The second-order valence-corrected chi connectivity index (χ2v) is 6.99. The summed E-state index contributed by atoms with van der Waals surface area (Å²) in [6, 6.07) is 9.47. The van der Waals surface area contributed by atoms with E-state index in [-0.39, 0.29) is 21.3 Å². The summed E-state index contributed by atoms with van der Waals surface area (Å²) >= 11 is 9.07. The number of nitrogens with zero attached hydrogens (tertiary/aromatic N) is 1. The fraction of sp³-hybridized carbons (Fsp3) is 0. The third kappa shape index (κ3) is 3.72. The summed E-state index contributed by atoms with van der Waals surface area (Å²) in [6.45, 7) is 0. The van der Waals surface area contributed by atoms with Gasteiger partial charge in [-0.25, -0.2) is 8.42 Å². The quantitative estimate of drug-likeness (QED) is 0.634. The lowest BCUT2D eigenvalue weighted by molar-refractivity contribution is -0.384. The lowest BCUT2D eigenvalue weighted by atomic mass is 10.3. The van der Waals surface area contributed by atoms with Gasteiger partial charge in [-0.1, -0.05) is 27.5 Å². The number of benzene rings is 2. The number of sulfonamides is 1. The minimum atomic E-state index is -3.87. The van der Waals surface area contributed by atoms with Crippen LogP contribution in [-0.2, 0) is 10.0 Å². The van der Waals surface area contributed by atoms with Gasteiger partial charge in [-0.05, 0) is 30.3 Å². The molecule has 0 aliphatic rings. The molecule has 0 unspecified atom stereocenters. The number of anilines is 1.